The highest BCUT2D eigenvalue weighted by atomic mass is 19.1. The van der Waals surface area contributed by atoms with Crippen molar-refractivity contribution in [3.05, 3.63) is 35.6 Å². The van der Waals surface area contributed by atoms with Gasteiger partial charge in [-0.2, -0.15) is 0 Å². The van der Waals surface area contributed by atoms with Crippen molar-refractivity contribution >= 4 is 0 Å². The van der Waals surface area contributed by atoms with Crippen molar-refractivity contribution in [2.45, 2.75) is 50.6 Å². The van der Waals surface area contributed by atoms with E-state index >= 15 is 0 Å². The van der Waals surface area contributed by atoms with E-state index in [2.05, 4.69) is 17.1 Å². The van der Waals surface area contributed by atoms with Crippen LogP contribution in [0.5, 0.6) is 0 Å². The van der Waals surface area contributed by atoms with E-state index in [-0.39, 0.29) is 5.82 Å². The summed E-state index contributed by atoms with van der Waals surface area (Å²) in [6, 6.07) is 8.42. The zero-order valence-electron chi connectivity index (χ0n) is 12.3. The van der Waals surface area contributed by atoms with E-state index in [4.69, 9.17) is 0 Å². The monoisotopic (exact) mass is 276 g/mol. The Hall–Kier alpha value is -0.930. The number of piperidine rings is 1. The van der Waals surface area contributed by atoms with Crippen LogP contribution >= 0.6 is 0 Å². The van der Waals surface area contributed by atoms with Crippen LogP contribution in [-0.2, 0) is 0 Å². The molecule has 0 aromatic heterocycles. The highest BCUT2D eigenvalue weighted by Gasteiger charge is 2.32. The molecule has 1 saturated carbocycles. The lowest BCUT2D eigenvalue weighted by Crippen LogP contribution is -2.49. The lowest BCUT2D eigenvalue weighted by Gasteiger charge is -2.41. The summed E-state index contributed by atoms with van der Waals surface area (Å²) < 4.78 is 12.9. The molecule has 1 aliphatic heterocycles. The summed E-state index contributed by atoms with van der Waals surface area (Å²) in [4.78, 5) is 2.53. The molecule has 0 spiro atoms. The minimum Gasteiger partial charge on any atom is -0.311 e. The molecule has 110 valence electrons. The Morgan fingerprint density at radius 3 is 2.35 bits per heavy atom. The smallest absolute Gasteiger partial charge is 0.123 e. The zero-order chi connectivity index (χ0) is 13.9. The number of halogens is 1. The summed E-state index contributed by atoms with van der Waals surface area (Å²) in [5.74, 6) is 0.495. The van der Waals surface area contributed by atoms with Gasteiger partial charge in [0.1, 0.15) is 5.82 Å². The lowest BCUT2D eigenvalue weighted by molar-refractivity contribution is 0.176. The van der Waals surface area contributed by atoms with E-state index in [1.165, 1.54) is 50.9 Å². The molecule has 2 fully saturated rings. The van der Waals surface area contributed by atoms with E-state index in [1.807, 2.05) is 12.1 Å². The first-order valence-electron chi connectivity index (χ1n) is 7.98. The normalized spacial score (nSPS) is 28.3. The Morgan fingerprint density at radius 2 is 1.75 bits per heavy atom. The topological polar surface area (TPSA) is 15.3 Å². The molecule has 0 unspecified atom stereocenters. The van der Waals surface area contributed by atoms with Gasteiger partial charge in [-0.3, -0.25) is 0 Å². The van der Waals surface area contributed by atoms with Crippen LogP contribution in [-0.4, -0.2) is 36.6 Å². The van der Waals surface area contributed by atoms with Gasteiger partial charge in [-0.05, 0) is 68.9 Å². The van der Waals surface area contributed by atoms with Crippen molar-refractivity contribution < 1.29 is 4.39 Å². The lowest BCUT2D eigenvalue weighted by atomic mass is 9.75. The van der Waals surface area contributed by atoms with Crippen LogP contribution in [0.2, 0.25) is 0 Å². The van der Waals surface area contributed by atoms with Gasteiger partial charge in [-0.15, -0.1) is 0 Å². The number of nitrogens with one attached hydrogen (secondary N) is 1. The van der Waals surface area contributed by atoms with Gasteiger partial charge >= 0.3 is 0 Å². The van der Waals surface area contributed by atoms with Crippen molar-refractivity contribution in [3.8, 4) is 0 Å². The number of hydrogen-bond donors (Lipinski definition) is 1. The Labute approximate surface area is 121 Å². The quantitative estimate of drug-likeness (QED) is 0.909. The van der Waals surface area contributed by atoms with Crippen molar-refractivity contribution in [3.63, 3.8) is 0 Å². The van der Waals surface area contributed by atoms with E-state index in [0.29, 0.717) is 18.0 Å². The van der Waals surface area contributed by atoms with Gasteiger partial charge in [-0.1, -0.05) is 19.1 Å². The molecular weight excluding hydrogens is 251 g/mol. The highest BCUT2D eigenvalue weighted by Crippen LogP contribution is 2.37. The maximum Gasteiger partial charge on any atom is 0.123 e. The van der Waals surface area contributed by atoms with E-state index in [0.717, 1.165) is 0 Å². The van der Waals surface area contributed by atoms with Gasteiger partial charge in [0, 0.05) is 12.1 Å². The van der Waals surface area contributed by atoms with Crippen molar-refractivity contribution in [1.82, 2.24) is 10.2 Å². The third kappa shape index (κ3) is 3.21. The minimum absolute atomic E-state index is 0.134. The molecule has 1 aromatic rings. The summed E-state index contributed by atoms with van der Waals surface area (Å²) in [5.41, 5.74) is 1.30. The number of likely N-dealkylation sites (tertiary alicyclic amines) is 1. The molecule has 0 amide bonds. The Bertz CT molecular complexity index is 417. The minimum atomic E-state index is -0.134. The second-order valence-electron chi connectivity index (χ2n) is 6.29. The Balaban J connectivity index is 1.41. The van der Waals surface area contributed by atoms with Crippen molar-refractivity contribution in [2.24, 2.45) is 0 Å². The van der Waals surface area contributed by atoms with Crippen LogP contribution < -0.4 is 5.32 Å². The van der Waals surface area contributed by atoms with Crippen molar-refractivity contribution in [2.75, 3.05) is 19.6 Å². The molecule has 0 bridgehead atoms. The number of hydrogen-bond acceptors (Lipinski definition) is 2. The van der Waals surface area contributed by atoms with Gasteiger partial charge in [0.15, 0.2) is 0 Å². The average molecular weight is 276 g/mol. The maximum atomic E-state index is 12.9. The fourth-order valence-electron chi connectivity index (χ4n) is 3.51. The number of benzene rings is 1. The summed E-state index contributed by atoms with van der Waals surface area (Å²) in [5, 5.41) is 3.81. The molecule has 3 heteroatoms. The molecule has 20 heavy (non-hydrogen) atoms. The average Bonchev–Trinajstić information content (AvgIpc) is 2.44. The van der Waals surface area contributed by atoms with Crippen LogP contribution in [0.4, 0.5) is 4.39 Å². The van der Waals surface area contributed by atoms with Crippen LogP contribution in [0.15, 0.2) is 24.3 Å². The largest absolute Gasteiger partial charge is 0.311 e. The predicted octanol–water partition coefficient (Wildman–Crippen LogP) is 3.15. The summed E-state index contributed by atoms with van der Waals surface area (Å²) in [6.07, 6.45) is 4.98. The number of nitrogens with zero attached hydrogens (tertiary/aromatic N) is 1. The highest BCUT2D eigenvalue weighted by molar-refractivity contribution is 5.23. The fraction of sp³-hybridized carbons (Fsp3) is 0.647. The molecule has 0 radical (unpaired) electrons. The standard InChI is InChI=1S/C17H25FN2/c1-2-20-9-7-16(8-10-20)19-17-11-14(12-17)13-3-5-15(18)6-4-13/h3-6,14,16-17,19H,2,7-12H2,1H3. The molecule has 1 saturated heterocycles. The third-order valence-corrected chi connectivity index (χ3v) is 4.99. The first-order valence-corrected chi connectivity index (χ1v) is 7.98. The molecule has 2 nitrogen and oxygen atoms in total. The first-order chi connectivity index (χ1) is 9.74. The molecule has 3 rings (SSSR count). The van der Waals surface area contributed by atoms with E-state index in [9.17, 15) is 4.39 Å². The molecule has 2 aliphatic rings. The predicted molar refractivity (Wildman–Crippen MR) is 80.4 cm³/mol. The first kappa shape index (κ1) is 14.0. The molecular formula is C17H25FN2. The number of rotatable bonds is 4. The van der Waals surface area contributed by atoms with E-state index in [1.54, 1.807) is 12.1 Å². The van der Waals surface area contributed by atoms with Gasteiger partial charge in [0.05, 0.1) is 0 Å². The van der Waals surface area contributed by atoms with Crippen molar-refractivity contribution in [1.29, 1.82) is 0 Å². The van der Waals surface area contributed by atoms with Gasteiger partial charge in [0.2, 0.25) is 0 Å². The third-order valence-electron chi connectivity index (χ3n) is 4.99. The van der Waals surface area contributed by atoms with Crippen LogP contribution in [0.1, 0.15) is 44.1 Å². The molecule has 1 aliphatic carbocycles. The van der Waals surface area contributed by atoms with E-state index < -0.39 is 0 Å². The second-order valence-corrected chi connectivity index (χ2v) is 6.29. The molecule has 1 heterocycles. The summed E-state index contributed by atoms with van der Waals surface area (Å²) in [6.45, 7) is 5.90. The molecule has 0 atom stereocenters. The summed E-state index contributed by atoms with van der Waals surface area (Å²) in [7, 11) is 0. The fourth-order valence-corrected chi connectivity index (χ4v) is 3.51. The van der Waals surface area contributed by atoms with Gasteiger partial charge < -0.3 is 10.2 Å². The summed E-state index contributed by atoms with van der Waals surface area (Å²) >= 11 is 0. The Morgan fingerprint density at radius 1 is 1.10 bits per heavy atom. The maximum absolute atomic E-state index is 12.9. The molecule has 1 N–H and O–H groups in total. The molecule has 1 aromatic carbocycles. The SMILES string of the molecule is CCN1CCC(NC2CC(c3ccc(F)cc3)C2)CC1. The van der Waals surface area contributed by atoms with Crippen LogP contribution in [0, 0.1) is 5.82 Å². The van der Waals surface area contributed by atoms with Gasteiger partial charge in [-0.25, -0.2) is 4.39 Å². The second kappa shape index (κ2) is 6.23. The van der Waals surface area contributed by atoms with Crippen LogP contribution in [0.25, 0.3) is 0 Å². The van der Waals surface area contributed by atoms with Gasteiger partial charge in [0.25, 0.3) is 0 Å². The zero-order valence-corrected chi connectivity index (χ0v) is 12.3. The Kier molecular flexibility index (Phi) is 4.37. The van der Waals surface area contributed by atoms with Crippen LogP contribution in [0.3, 0.4) is 0 Å².